The number of carboxylic acid groups (broad SMARTS) is 1. The van der Waals surface area contributed by atoms with Crippen molar-refractivity contribution < 1.29 is 9.90 Å². The zero-order valence-corrected chi connectivity index (χ0v) is 12.6. The monoisotopic (exact) mass is 309 g/mol. The van der Waals surface area contributed by atoms with Crippen LogP contribution < -0.4 is 5.73 Å². The molecule has 2 aliphatic heterocycles. The zero-order valence-electron chi connectivity index (χ0n) is 10.9. The Balaban J connectivity index is 1.90. The number of nitrogens with two attached hydrogens (primary N) is 1. The van der Waals surface area contributed by atoms with Crippen LogP contribution in [0.4, 0.5) is 0 Å². The van der Waals surface area contributed by atoms with Gasteiger partial charge in [0.15, 0.2) is 0 Å². The SMILES string of the molecule is Cc1ncsc1/C=C\C1=C(C(=O)O)N2C[C@@H](N)[C@H]2SC1. The average molecular weight is 309 g/mol. The van der Waals surface area contributed by atoms with E-state index in [4.69, 9.17) is 5.73 Å². The highest BCUT2D eigenvalue weighted by Gasteiger charge is 2.43. The van der Waals surface area contributed by atoms with Gasteiger partial charge < -0.3 is 15.7 Å². The van der Waals surface area contributed by atoms with E-state index in [2.05, 4.69) is 4.98 Å². The van der Waals surface area contributed by atoms with Gasteiger partial charge in [-0.25, -0.2) is 9.78 Å². The molecule has 1 aromatic rings. The summed E-state index contributed by atoms with van der Waals surface area (Å²) >= 11 is 3.26. The first kappa shape index (κ1) is 13.7. The van der Waals surface area contributed by atoms with Gasteiger partial charge in [0.2, 0.25) is 0 Å². The van der Waals surface area contributed by atoms with Crippen LogP contribution in [0.2, 0.25) is 0 Å². The smallest absolute Gasteiger partial charge is 0.352 e. The number of nitrogens with zero attached hydrogens (tertiary/aromatic N) is 2. The predicted molar refractivity (Wildman–Crippen MR) is 81.5 cm³/mol. The van der Waals surface area contributed by atoms with Gasteiger partial charge in [-0.1, -0.05) is 6.08 Å². The molecule has 3 rings (SSSR count). The van der Waals surface area contributed by atoms with Gasteiger partial charge in [-0.2, -0.15) is 0 Å². The van der Waals surface area contributed by atoms with Crippen molar-refractivity contribution in [2.75, 3.05) is 12.3 Å². The Bertz CT molecular complexity index is 609. The van der Waals surface area contributed by atoms with Gasteiger partial charge in [-0.3, -0.25) is 0 Å². The Labute approximate surface area is 125 Å². The first-order valence-electron chi connectivity index (χ1n) is 6.26. The standard InChI is InChI=1S/C13H15N3O2S2/c1-7-10(20-6-15-7)3-2-8-5-19-12-9(14)4-16(12)11(8)13(17)18/h2-3,6,9,12H,4-5,14H2,1H3,(H,17,18)/b3-2-/t9-,12-/m1/s1. The number of aromatic nitrogens is 1. The highest BCUT2D eigenvalue weighted by atomic mass is 32.2. The Kier molecular flexibility index (Phi) is 3.57. The van der Waals surface area contributed by atoms with Crippen molar-refractivity contribution in [2.45, 2.75) is 18.3 Å². The number of thiazole rings is 1. The van der Waals surface area contributed by atoms with Gasteiger partial charge in [0.05, 0.1) is 22.6 Å². The van der Waals surface area contributed by atoms with Crippen molar-refractivity contribution in [3.63, 3.8) is 0 Å². The predicted octanol–water partition coefficient (Wildman–Crippen LogP) is 1.52. The number of thioether (sulfide) groups is 1. The topological polar surface area (TPSA) is 79.5 Å². The van der Waals surface area contributed by atoms with Crippen molar-refractivity contribution in [2.24, 2.45) is 5.73 Å². The second-order valence-electron chi connectivity index (χ2n) is 4.83. The molecule has 2 aliphatic rings. The second kappa shape index (κ2) is 5.23. The maximum atomic E-state index is 11.5. The maximum Gasteiger partial charge on any atom is 0.352 e. The summed E-state index contributed by atoms with van der Waals surface area (Å²) < 4.78 is 0. The van der Waals surface area contributed by atoms with E-state index in [1.54, 1.807) is 28.6 Å². The summed E-state index contributed by atoms with van der Waals surface area (Å²) in [4.78, 5) is 18.6. The number of fused-ring (bicyclic) bond motifs is 1. The lowest BCUT2D eigenvalue weighted by Gasteiger charge is -2.50. The summed E-state index contributed by atoms with van der Waals surface area (Å²) in [5, 5.41) is 9.55. The lowest BCUT2D eigenvalue weighted by Crippen LogP contribution is -2.64. The molecule has 0 spiro atoms. The first-order chi connectivity index (χ1) is 9.58. The Morgan fingerprint density at radius 3 is 3.00 bits per heavy atom. The molecule has 0 saturated carbocycles. The Morgan fingerprint density at radius 1 is 1.60 bits per heavy atom. The van der Waals surface area contributed by atoms with Crippen LogP contribution in [0.1, 0.15) is 10.6 Å². The van der Waals surface area contributed by atoms with Gasteiger partial charge in [-0.15, -0.1) is 23.1 Å². The third-order valence-electron chi connectivity index (χ3n) is 3.50. The Hall–Kier alpha value is -1.31. The van der Waals surface area contributed by atoms with Crippen molar-refractivity contribution >= 4 is 35.1 Å². The highest BCUT2D eigenvalue weighted by Crippen LogP contribution is 2.39. The zero-order chi connectivity index (χ0) is 14.3. The molecular formula is C13H15N3O2S2. The second-order valence-corrected chi connectivity index (χ2v) is 6.82. The molecule has 0 unspecified atom stereocenters. The Morgan fingerprint density at radius 2 is 2.40 bits per heavy atom. The summed E-state index contributed by atoms with van der Waals surface area (Å²) in [6, 6.07) is 0.0728. The normalized spacial score (nSPS) is 25.8. The lowest BCUT2D eigenvalue weighted by molar-refractivity contribution is -0.135. The number of rotatable bonds is 3. The van der Waals surface area contributed by atoms with E-state index in [9.17, 15) is 9.90 Å². The molecule has 3 N–H and O–H groups in total. The van der Waals surface area contributed by atoms with Crippen molar-refractivity contribution in [1.82, 2.24) is 9.88 Å². The van der Waals surface area contributed by atoms with Crippen molar-refractivity contribution in [1.29, 1.82) is 0 Å². The lowest BCUT2D eigenvalue weighted by atomic mass is 10.0. The molecule has 1 saturated heterocycles. The van der Waals surface area contributed by atoms with Gasteiger partial charge in [0, 0.05) is 17.2 Å². The molecule has 5 nitrogen and oxygen atoms in total. The number of carbonyl (C=O) groups is 1. The minimum atomic E-state index is -0.872. The van der Waals surface area contributed by atoms with Gasteiger partial charge in [0.25, 0.3) is 0 Å². The number of allylic oxidation sites excluding steroid dienone is 1. The molecule has 2 atom stereocenters. The summed E-state index contributed by atoms with van der Waals surface area (Å²) in [6.45, 7) is 2.57. The number of carboxylic acids is 1. The van der Waals surface area contributed by atoms with Gasteiger partial charge >= 0.3 is 5.97 Å². The summed E-state index contributed by atoms with van der Waals surface area (Å²) in [5.74, 6) is -0.187. The molecule has 106 valence electrons. The molecule has 7 heteroatoms. The fourth-order valence-corrected chi connectivity index (χ4v) is 4.39. The van der Waals surface area contributed by atoms with Crippen LogP contribution in [0.25, 0.3) is 6.08 Å². The quantitative estimate of drug-likeness (QED) is 0.881. The van der Waals surface area contributed by atoms with E-state index in [1.807, 2.05) is 24.0 Å². The summed E-state index contributed by atoms with van der Waals surface area (Å²) in [5.41, 5.74) is 9.91. The van der Waals surface area contributed by atoms with Crippen LogP contribution in [0.5, 0.6) is 0 Å². The third-order valence-corrected chi connectivity index (χ3v) is 5.82. The summed E-state index contributed by atoms with van der Waals surface area (Å²) in [6.07, 6.45) is 3.85. The van der Waals surface area contributed by atoms with Crippen LogP contribution in [0, 0.1) is 6.92 Å². The average Bonchev–Trinajstić information content (AvgIpc) is 2.80. The molecule has 0 radical (unpaired) electrons. The van der Waals surface area contributed by atoms with Crippen molar-refractivity contribution in [3.8, 4) is 0 Å². The fraction of sp³-hybridized carbons (Fsp3) is 0.385. The molecule has 20 heavy (non-hydrogen) atoms. The van der Waals surface area contributed by atoms with Crippen LogP contribution >= 0.6 is 23.1 Å². The molecule has 0 aliphatic carbocycles. The number of aliphatic carboxylic acids is 1. The van der Waals surface area contributed by atoms with Crippen molar-refractivity contribution in [3.05, 3.63) is 33.4 Å². The minimum absolute atomic E-state index is 0.0728. The van der Waals surface area contributed by atoms with E-state index in [-0.39, 0.29) is 11.4 Å². The van der Waals surface area contributed by atoms with E-state index in [0.717, 1.165) is 16.1 Å². The third kappa shape index (κ3) is 2.25. The molecular weight excluding hydrogens is 294 g/mol. The van der Waals surface area contributed by atoms with Crippen LogP contribution in [-0.4, -0.2) is 44.7 Å². The molecule has 0 bridgehead atoms. The fourth-order valence-electron chi connectivity index (χ4n) is 2.41. The van der Waals surface area contributed by atoms with E-state index in [1.165, 1.54) is 0 Å². The molecule has 1 fully saturated rings. The largest absolute Gasteiger partial charge is 0.477 e. The van der Waals surface area contributed by atoms with Gasteiger partial charge in [0.1, 0.15) is 5.70 Å². The molecule has 3 heterocycles. The molecule has 0 amide bonds. The number of hydrogen-bond acceptors (Lipinski definition) is 6. The number of hydrogen-bond donors (Lipinski definition) is 2. The van der Waals surface area contributed by atoms with E-state index in [0.29, 0.717) is 18.0 Å². The van der Waals surface area contributed by atoms with Crippen LogP contribution in [0.3, 0.4) is 0 Å². The minimum Gasteiger partial charge on any atom is -0.477 e. The van der Waals surface area contributed by atoms with Crippen LogP contribution in [-0.2, 0) is 4.79 Å². The number of aryl methyl sites for hydroxylation is 1. The molecule has 0 aromatic carbocycles. The van der Waals surface area contributed by atoms with E-state index < -0.39 is 5.97 Å². The highest BCUT2D eigenvalue weighted by molar-refractivity contribution is 8.00. The summed E-state index contributed by atoms with van der Waals surface area (Å²) in [7, 11) is 0. The van der Waals surface area contributed by atoms with Gasteiger partial charge in [-0.05, 0) is 18.6 Å². The van der Waals surface area contributed by atoms with Crippen LogP contribution in [0.15, 0.2) is 22.9 Å². The maximum absolute atomic E-state index is 11.5. The van der Waals surface area contributed by atoms with E-state index >= 15 is 0 Å². The first-order valence-corrected chi connectivity index (χ1v) is 8.19. The molecule has 1 aromatic heterocycles.